The van der Waals surface area contributed by atoms with Crippen LogP contribution in [0, 0.1) is 5.92 Å². The lowest BCUT2D eigenvalue weighted by Crippen LogP contribution is -2.44. The minimum atomic E-state index is -0.0916. The highest BCUT2D eigenvalue weighted by Crippen LogP contribution is 2.17. The van der Waals surface area contributed by atoms with Crippen LogP contribution in [-0.2, 0) is 9.53 Å². The highest BCUT2D eigenvalue weighted by molar-refractivity contribution is 5.80. The third-order valence-corrected chi connectivity index (χ3v) is 3.54. The summed E-state index contributed by atoms with van der Waals surface area (Å²) in [5.74, 6) is -0.0223. The molecule has 4 nitrogen and oxygen atoms in total. The van der Waals surface area contributed by atoms with Gasteiger partial charge in [-0.2, -0.15) is 0 Å². The highest BCUT2D eigenvalue weighted by Gasteiger charge is 2.33. The van der Waals surface area contributed by atoms with Gasteiger partial charge in [-0.25, -0.2) is 0 Å². The van der Waals surface area contributed by atoms with Crippen LogP contribution in [0.25, 0.3) is 0 Å². The maximum absolute atomic E-state index is 12.3. The lowest BCUT2D eigenvalue weighted by atomic mass is 10.0. The molecule has 3 unspecified atom stereocenters. The van der Waals surface area contributed by atoms with Crippen molar-refractivity contribution in [1.82, 2.24) is 10.6 Å². The zero-order valence-corrected chi connectivity index (χ0v) is 11.6. The van der Waals surface area contributed by atoms with Crippen LogP contribution in [0.2, 0.25) is 0 Å². The van der Waals surface area contributed by atoms with E-state index in [2.05, 4.69) is 10.6 Å². The van der Waals surface area contributed by atoms with E-state index in [1.807, 2.05) is 44.2 Å². The SMILES string of the molecule is CCNC1COCC1C(=O)NC(C)c1ccccc1. The topological polar surface area (TPSA) is 50.4 Å². The molecule has 0 aromatic heterocycles. The number of ether oxygens (including phenoxy) is 1. The van der Waals surface area contributed by atoms with Crippen LogP contribution >= 0.6 is 0 Å². The zero-order valence-electron chi connectivity index (χ0n) is 11.6. The van der Waals surface area contributed by atoms with Crippen molar-refractivity contribution in [3.05, 3.63) is 35.9 Å². The molecule has 1 heterocycles. The molecule has 3 atom stereocenters. The zero-order chi connectivity index (χ0) is 13.7. The quantitative estimate of drug-likeness (QED) is 0.845. The van der Waals surface area contributed by atoms with Crippen LogP contribution < -0.4 is 10.6 Å². The van der Waals surface area contributed by atoms with Crippen LogP contribution in [0.5, 0.6) is 0 Å². The van der Waals surface area contributed by atoms with Gasteiger partial charge in [0.1, 0.15) is 0 Å². The van der Waals surface area contributed by atoms with Gasteiger partial charge in [-0.3, -0.25) is 4.79 Å². The van der Waals surface area contributed by atoms with Crippen molar-refractivity contribution in [3.8, 4) is 0 Å². The van der Waals surface area contributed by atoms with E-state index in [0.717, 1.165) is 12.1 Å². The third kappa shape index (κ3) is 3.55. The first kappa shape index (κ1) is 14.0. The lowest BCUT2D eigenvalue weighted by Gasteiger charge is -2.21. The lowest BCUT2D eigenvalue weighted by molar-refractivity contribution is -0.126. The third-order valence-electron chi connectivity index (χ3n) is 3.54. The molecule has 19 heavy (non-hydrogen) atoms. The first-order valence-electron chi connectivity index (χ1n) is 6.88. The molecule has 1 aliphatic rings. The molecule has 1 aromatic carbocycles. The Morgan fingerprint density at radius 1 is 1.37 bits per heavy atom. The summed E-state index contributed by atoms with van der Waals surface area (Å²) >= 11 is 0. The predicted molar refractivity (Wildman–Crippen MR) is 74.8 cm³/mol. The molecule has 1 aromatic rings. The minimum Gasteiger partial charge on any atom is -0.379 e. The van der Waals surface area contributed by atoms with Gasteiger partial charge in [-0.15, -0.1) is 0 Å². The van der Waals surface area contributed by atoms with Gasteiger partial charge >= 0.3 is 0 Å². The number of amides is 1. The molecular formula is C15H22N2O2. The van der Waals surface area contributed by atoms with Crippen molar-refractivity contribution in [2.45, 2.75) is 25.9 Å². The fourth-order valence-electron chi connectivity index (χ4n) is 2.42. The van der Waals surface area contributed by atoms with Crippen molar-refractivity contribution >= 4 is 5.91 Å². The first-order chi connectivity index (χ1) is 9.22. The van der Waals surface area contributed by atoms with Gasteiger partial charge < -0.3 is 15.4 Å². The number of rotatable bonds is 5. The molecule has 104 valence electrons. The molecule has 0 aliphatic carbocycles. The van der Waals surface area contributed by atoms with E-state index >= 15 is 0 Å². The Labute approximate surface area is 114 Å². The first-order valence-corrected chi connectivity index (χ1v) is 6.88. The van der Waals surface area contributed by atoms with E-state index in [1.54, 1.807) is 0 Å². The van der Waals surface area contributed by atoms with Gasteiger partial charge in [0, 0.05) is 6.04 Å². The van der Waals surface area contributed by atoms with Crippen LogP contribution in [0.3, 0.4) is 0 Å². The average Bonchev–Trinajstić information content (AvgIpc) is 2.88. The second kappa shape index (κ2) is 6.68. The second-order valence-corrected chi connectivity index (χ2v) is 4.95. The van der Waals surface area contributed by atoms with Crippen molar-refractivity contribution < 1.29 is 9.53 Å². The maximum atomic E-state index is 12.3. The van der Waals surface area contributed by atoms with Crippen molar-refractivity contribution in [3.63, 3.8) is 0 Å². The summed E-state index contributed by atoms with van der Waals surface area (Å²) in [5.41, 5.74) is 1.12. The van der Waals surface area contributed by atoms with Crippen LogP contribution in [-0.4, -0.2) is 31.7 Å². The standard InChI is InChI=1S/C15H22N2O2/c1-3-16-14-10-19-9-13(14)15(18)17-11(2)12-7-5-4-6-8-12/h4-8,11,13-14,16H,3,9-10H2,1-2H3,(H,17,18). The van der Waals surface area contributed by atoms with Crippen LogP contribution in [0.1, 0.15) is 25.5 Å². The van der Waals surface area contributed by atoms with Gasteiger partial charge in [-0.05, 0) is 19.0 Å². The summed E-state index contributed by atoms with van der Waals surface area (Å²) in [6.07, 6.45) is 0. The molecule has 2 N–H and O–H groups in total. The van der Waals surface area contributed by atoms with E-state index < -0.39 is 0 Å². The van der Waals surface area contributed by atoms with E-state index in [9.17, 15) is 4.79 Å². The summed E-state index contributed by atoms with van der Waals surface area (Å²) in [6, 6.07) is 10.2. The summed E-state index contributed by atoms with van der Waals surface area (Å²) < 4.78 is 5.41. The van der Waals surface area contributed by atoms with Gasteiger partial charge in [0.2, 0.25) is 5.91 Å². The average molecular weight is 262 g/mol. The molecule has 0 spiro atoms. The monoisotopic (exact) mass is 262 g/mol. The van der Waals surface area contributed by atoms with E-state index in [4.69, 9.17) is 4.74 Å². The van der Waals surface area contributed by atoms with E-state index in [-0.39, 0.29) is 23.9 Å². The molecule has 1 saturated heterocycles. The van der Waals surface area contributed by atoms with Gasteiger partial charge in [-0.1, -0.05) is 37.3 Å². The second-order valence-electron chi connectivity index (χ2n) is 4.95. The highest BCUT2D eigenvalue weighted by atomic mass is 16.5. The molecule has 1 aliphatic heterocycles. The van der Waals surface area contributed by atoms with Crippen LogP contribution in [0.15, 0.2) is 30.3 Å². The van der Waals surface area contributed by atoms with Crippen molar-refractivity contribution in [2.24, 2.45) is 5.92 Å². The fourth-order valence-corrected chi connectivity index (χ4v) is 2.42. The number of nitrogens with one attached hydrogen (secondary N) is 2. The Kier molecular flexibility index (Phi) is 4.93. The molecule has 2 rings (SSSR count). The minimum absolute atomic E-state index is 0.0246. The fraction of sp³-hybridized carbons (Fsp3) is 0.533. The van der Waals surface area contributed by atoms with Gasteiger partial charge in [0.25, 0.3) is 0 Å². The normalized spacial score (nSPS) is 24.1. The molecule has 4 heteroatoms. The molecule has 0 saturated carbocycles. The van der Waals surface area contributed by atoms with Crippen molar-refractivity contribution in [1.29, 1.82) is 0 Å². The smallest absolute Gasteiger partial charge is 0.227 e. The van der Waals surface area contributed by atoms with E-state index in [1.165, 1.54) is 0 Å². The summed E-state index contributed by atoms with van der Waals surface area (Å²) in [6.45, 7) is 6.02. The molecular weight excluding hydrogens is 240 g/mol. The Bertz CT molecular complexity index is 408. The Balaban J connectivity index is 1.93. The number of likely N-dealkylation sites (N-methyl/N-ethyl adjacent to an activating group) is 1. The van der Waals surface area contributed by atoms with E-state index in [0.29, 0.717) is 13.2 Å². The number of hydrogen-bond acceptors (Lipinski definition) is 3. The number of carbonyl (C=O) groups is 1. The van der Waals surface area contributed by atoms with Crippen molar-refractivity contribution in [2.75, 3.05) is 19.8 Å². The largest absolute Gasteiger partial charge is 0.379 e. The van der Waals surface area contributed by atoms with Crippen LogP contribution in [0.4, 0.5) is 0 Å². The predicted octanol–water partition coefficient (Wildman–Crippen LogP) is 1.49. The number of carbonyl (C=O) groups excluding carboxylic acids is 1. The Morgan fingerprint density at radius 3 is 2.79 bits per heavy atom. The maximum Gasteiger partial charge on any atom is 0.227 e. The van der Waals surface area contributed by atoms with Gasteiger partial charge in [0.15, 0.2) is 0 Å². The molecule has 1 amide bonds. The molecule has 0 radical (unpaired) electrons. The van der Waals surface area contributed by atoms with Gasteiger partial charge in [0.05, 0.1) is 25.2 Å². The summed E-state index contributed by atoms with van der Waals surface area (Å²) in [4.78, 5) is 12.3. The summed E-state index contributed by atoms with van der Waals surface area (Å²) in [5, 5.41) is 6.37. The molecule has 0 bridgehead atoms. The number of benzene rings is 1. The Hall–Kier alpha value is -1.39. The molecule has 1 fully saturated rings. The number of hydrogen-bond donors (Lipinski definition) is 2. The Morgan fingerprint density at radius 2 is 2.11 bits per heavy atom. The summed E-state index contributed by atoms with van der Waals surface area (Å²) in [7, 11) is 0.